The first-order chi connectivity index (χ1) is 5.83. The van der Waals surface area contributed by atoms with Gasteiger partial charge in [-0.2, -0.15) is 0 Å². The van der Waals surface area contributed by atoms with Crippen LogP contribution in [0.4, 0.5) is 0 Å². The van der Waals surface area contributed by atoms with Crippen LogP contribution < -0.4 is 10.7 Å². The van der Waals surface area contributed by atoms with Gasteiger partial charge in [-0.05, 0) is 18.6 Å². The molecule has 66 valence electrons. The van der Waals surface area contributed by atoms with E-state index in [0.29, 0.717) is 5.11 Å². The van der Waals surface area contributed by atoms with Crippen molar-refractivity contribution in [2.45, 2.75) is 13.3 Å². The average Bonchev–Trinajstić information content (AvgIpc) is 2.53. The maximum atomic E-state index is 4.97. The largest absolute Gasteiger partial charge is 0.361 e. The molecule has 1 rings (SSSR count). The van der Waals surface area contributed by atoms with E-state index < -0.39 is 0 Å². The lowest BCUT2D eigenvalue weighted by molar-refractivity contribution is 0.830. The van der Waals surface area contributed by atoms with Gasteiger partial charge >= 0.3 is 0 Å². The lowest BCUT2D eigenvalue weighted by atomic mass is 10.5. The summed E-state index contributed by atoms with van der Waals surface area (Å²) in [5.74, 6) is 0. The molecule has 0 aromatic carbocycles. The number of aromatic nitrogens is 3. The summed E-state index contributed by atoms with van der Waals surface area (Å²) in [5.41, 5.74) is 2.87. The van der Waals surface area contributed by atoms with E-state index in [0.717, 1.165) is 13.0 Å². The number of nitrogens with zero attached hydrogens (tertiary/aromatic N) is 3. The molecule has 0 aliphatic heterocycles. The fourth-order valence-corrected chi connectivity index (χ4v) is 0.861. The summed E-state index contributed by atoms with van der Waals surface area (Å²) in [6, 6.07) is 0. The molecule has 0 fully saturated rings. The molecule has 0 aliphatic carbocycles. The van der Waals surface area contributed by atoms with E-state index in [-0.39, 0.29) is 0 Å². The fourth-order valence-electron chi connectivity index (χ4n) is 0.654. The normalized spacial score (nSPS) is 9.42. The smallest absolute Gasteiger partial charge is 0.185 e. The van der Waals surface area contributed by atoms with Crippen molar-refractivity contribution in [2.75, 3.05) is 12.0 Å². The summed E-state index contributed by atoms with van der Waals surface area (Å²) in [7, 11) is 0. The summed E-state index contributed by atoms with van der Waals surface area (Å²) < 4.78 is 1.59. The molecule has 0 bridgehead atoms. The Morgan fingerprint density at radius 2 is 2.17 bits per heavy atom. The summed E-state index contributed by atoms with van der Waals surface area (Å²) in [6.45, 7) is 2.95. The monoisotopic (exact) mass is 185 g/mol. The van der Waals surface area contributed by atoms with E-state index in [1.54, 1.807) is 17.3 Å². The molecule has 0 unspecified atom stereocenters. The van der Waals surface area contributed by atoms with E-state index in [1.165, 1.54) is 0 Å². The van der Waals surface area contributed by atoms with E-state index >= 15 is 0 Å². The molecule has 12 heavy (non-hydrogen) atoms. The molecule has 0 amide bonds. The Labute approximate surface area is 76.1 Å². The van der Waals surface area contributed by atoms with Gasteiger partial charge in [-0.3, -0.25) is 5.43 Å². The minimum atomic E-state index is 0.580. The van der Waals surface area contributed by atoms with Crippen molar-refractivity contribution in [3.63, 3.8) is 0 Å². The summed E-state index contributed by atoms with van der Waals surface area (Å²) in [5, 5.41) is 10.8. The van der Waals surface area contributed by atoms with E-state index in [1.807, 2.05) is 0 Å². The third-order valence-electron chi connectivity index (χ3n) is 1.18. The van der Waals surface area contributed by atoms with Crippen molar-refractivity contribution < 1.29 is 0 Å². The zero-order valence-electron chi connectivity index (χ0n) is 6.82. The first kappa shape index (κ1) is 8.92. The molecule has 0 saturated carbocycles. The van der Waals surface area contributed by atoms with Gasteiger partial charge in [0.25, 0.3) is 0 Å². The maximum Gasteiger partial charge on any atom is 0.185 e. The highest BCUT2D eigenvalue weighted by Crippen LogP contribution is 1.77. The summed E-state index contributed by atoms with van der Waals surface area (Å²) in [6.07, 6.45) is 4.13. The number of hydrogen-bond acceptors (Lipinski definition) is 3. The number of nitrogens with one attached hydrogen (secondary N) is 2. The van der Waals surface area contributed by atoms with Crippen LogP contribution in [0.25, 0.3) is 0 Å². The first-order valence-corrected chi connectivity index (χ1v) is 4.13. The molecule has 6 heteroatoms. The van der Waals surface area contributed by atoms with Crippen molar-refractivity contribution >= 4 is 17.3 Å². The van der Waals surface area contributed by atoms with Crippen LogP contribution >= 0.6 is 12.2 Å². The quantitative estimate of drug-likeness (QED) is 0.654. The Morgan fingerprint density at radius 3 is 2.75 bits per heavy atom. The van der Waals surface area contributed by atoms with Gasteiger partial charge in [0.2, 0.25) is 0 Å². The van der Waals surface area contributed by atoms with Gasteiger partial charge in [-0.1, -0.05) is 6.92 Å². The van der Waals surface area contributed by atoms with Gasteiger partial charge in [0.05, 0.1) is 0 Å². The summed E-state index contributed by atoms with van der Waals surface area (Å²) >= 11 is 4.97. The second kappa shape index (κ2) is 4.66. The number of thiocarbonyl (C=S) groups is 1. The molecule has 0 saturated heterocycles. The molecule has 1 aromatic heterocycles. The molecular weight excluding hydrogens is 174 g/mol. The van der Waals surface area contributed by atoms with Crippen LogP contribution in [0.15, 0.2) is 12.7 Å². The minimum absolute atomic E-state index is 0.580. The molecule has 5 nitrogen and oxygen atoms in total. The molecule has 0 atom stereocenters. The molecular formula is C6H11N5S. The molecule has 0 spiro atoms. The Balaban J connectivity index is 2.27. The second-order valence-electron chi connectivity index (χ2n) is 2.24. The van der Waals surface area contributed by atoms with Crippen molar-refractivity contribution in [1.29, 1.82) is 0 Å². The predicted molar refractivity (Wildman–Crippen MR) is 50.3 cm³/mol. The van der Waals surface area contributed by atoms with Crippen molar-refractivity contribution in [1.82, 2.24) is 20.2 Å². The molecule has 1 heterocycles. The lowest BCUT2D eigenvalue weighted by Crippen LogP contribution is -2.33. The fraction of sp³-hybridized carbons (Fsp3) is 0.500. The third-order valence-corrected chi connectivity index (χ3v) is 1.42. The first-order valence-electron chi connectivity index (χ1n) is 3.72. The van der Waals surface area contributed by atoms with Crippen molar-refractivity contribution in [3.05, 3.63) is 12.7 Å². The zero-order chi connectivity index (χ0) is 8.81. The minimum Gasteiger partial charge on any atom is -0.361 e. The summed E-state index contributed by atoms with van der Waals surface area (Å²) in [4.78, 5) is 0. The zero-order valence-corrected chi connectivity index (χ0v) is 7.64. The lowest BCUT2D eigenvalue weighted by Gasteiger charge is -2.08. The number of rotatable bonds is 3. The third kappa shape index (κ3) is 2.83. The van der Waals surface area contributed by atoms with Crippen LogP contribution in [0.3, 0.4) is 0 Å². The number of hydrogen-bond donors (Lipinski definition) is 2. The average molecular weight is 185 g/mol. The highest BCUT2D eigenvalue weighted by atomic mass is 32.1. The Kier molecular flexibility index (Phi) is 3.46. The van der Waals surface area contributed by atoms with Gasteiger partial charge in [0.15, 0.2) is 5.11 Å². The van der Waals surface area contributed by atoms with Crippen LogP contribution in [-0.4, -0.2) is 26.5 Å². The van der Waals surface area contributed by atoms with Crippen molar-refractivity contribution in [3.8, 4) is 0 Å². The second-order valence-corrected chi connectivity index (χ2v) is 2.65. The Morgan fingerprint density at radius 1 is 1.50 bits per heavy atom. The highest BCUT2D eigenvalue weighted by Gasteiger charge is 1.93. The Bertz CT molecular complexity index is 232. The Hall–Kier alpha value is -1.17. The van der Waals surface area contributed by atoms with Gasteiger partial charge in [0.1, 0.15) is 12.7 Å². The maximum absolute atomic E-state index is 4.97. The van der Waals surface area contributed by atoms with Crippen LogP contribution in [0.2, 0.25) is 0 Å². The molecule has 0 radical (unpaired) electrons. The van der Waals surface area contributed by atoms with E-state index in [9.17, 15) is 0 Å². The van der Waals surface area contributed by atoms with E-state index in [4.69, 9.17) is 12.2 Å². The standard InChI is InChI=1S/C6H11N5S/c1-2-3-7-6(12)10-11-4-8-9-5-11/h4-5H,2-3H2,1H3,(H2,7,10,12). The van der Waals surface area contributed by atoms with Crippen LogP contribution in [0.5, 0.6) is 0 Å². The highest BCUT2D eigenvalue weighted by molar-refractivity contribution is 7.80. The van der Waals surface area contributed by atoms with Crippen LogP contribution in [0, 0.1) is 0 Å². The molecule has 1 aromatic rings. The van der Waals surface area contributed by atoms with Crippen molar-refractivity contribution in [2.24, 2.45) is 0 Å². The van der Waals surface area contributed by atoms with Gasteiger partial charge in [0, 0.05) is 6.54 Å². The topological polar surface area (TPSA) is 54.8 Å². The van der Waals surface area contributed by atoms with Crippen LogP contribution in [-0.2, 0) is 0 Å². The molecule has 2 N–H and O–H groups in total. The molecule has 0 aliphatic rings. The SMILES string of the molecule is CCCNC(=S)Nn1cnnc1. The van der Waals surface area contributed by atoms with E-state index in [2.05, 4.69) is 27.9 Å². The van der Waals surface area contributed by atoms with Gasteiger partial charge in [-0.25, -0.2) is 4.68 Å². The van der Waals surface area contributed by atoms with Gasteiger partial charge in [-0.15, -0.1) is 10.2 Å². The predicted octanol–water partition coefficient (Wildman–Crippen LogP) is 0.106. The van der Waals surface area contributed by atoms with Gasteiger partial charge < -0.3 is 5.32 Å². The van der Waals surface area contributed by atoms with Crippen LogP contribution in [0.1, 0.15) is 13.3 Å².